The van der Waals surface area contributed by atoms with E-state index >= 15 is 0 Å². The molecule has 3 aromatic heterocycles. The fourth-order valence-corrected chi connectivity index (χ4v) is 6.39. The topological polar surface area (TPSA) is 46.0 Å². The SMILES string of the molecule is S=C1N[C@@H](c2ccccn2)[C@@H](c2cccn2-c2nc3ccccc3s2)N1C1CCCC1. The third kappa shape index (κ3) is 3.23. The number of para-hydroxylation sites is 1. The molecule has 0 spiro atoms. The molecule has 0 radical (unpaired) electrons. The number of aromatic nitrogens is 3. The molecule has 0 amide bonds. The van der Waals surface area contributed by atoms with Gasteiger partial charge < -0.3 is 10.2 Å². The second kappa shape index (κ2) is 7.73. The molecule has 4 heterocycles. The number of benzene rings is 1. The first-order chi connectivity index (χ1) is 15.3. The molecule has 2 aliphatic rings. The van der Waals surface area contributed by atoms with Crippen LogP contribution in [-0.2, 0) is 0 Å². The summed E-state index contributed by atoms with van der Waals surface area (Å²) in [6.07, 6.45) is 8.90. The van der Waals surface area contributed by atoms with Gasteiger partial charge in [0.05, 0.1) is 33.7 Å². The van der Waals surface area contributed by atoms with Gasteiger partial charge in [-0.3, -0.25) is 9.55 Å². The van der Waals surface area contributed by atoms with Crippen molar-refractivity contribution in [2.45, 2.75) is 43.8 Å². The van der Waals surface area contributed by atoms with E-state index in [1.54, 1.807) is 11.3 Å². The third-order valence-corrected chi connectivity index (χ3v) is 7.79. The smallest absolute Gasteiger partial charge is 0.194 e. The van der Waals surface area contributed by atoms with Gasteiger partial charge in [0, 0.05) is 18.4 Å². The number of thiocarbonyl (C=S) groups is 1. The minimum atomic E-state index is 0.0114. The number of fused-ring (bicyclic) bond motifs is 1. The molecular formula is C24H23N5S2. The Morgan fingerprint density at radius 2 is 1.84 bits per heavy atom. The van der Waals surface area contributed by atoms with Gasteiger partial charge >= 0.3 is 0 Å². The van der Waals surface area contributed by atoms with Crippen LogP contribution in [0.5, 0.6) is 0 Å². The van der Waals surface area contributed by atoms with E-state index in [-0.39, 0.29) is 12.1 Å². The Labute approximate surface area is 190 Å². The molecule has 5 nitrogen and oxygen atoms in total. The lowest BCUT2D eigenvalue weighted by molar-refractivity contribution is 0.239. The number of rotatable bonds is 4. The van der Waals surface area contributed by atoms with E-state index < -0.39 is 0 Å². The summed E-state index contributed by atoms with van der Waals surface area (Å²) in [6.45, 7) is 0. The van der Waals surface area contributed by atoms with Crippen molar-refractivity contribution in [3.8, 4) is 5.13 Å². The Kier molecular flexibility index (Phi) is 4.73. The minimum Gasteiger partial charge on any atom is -0.352 e. The van der Waals surface area contributed by atoms with Gasteiger partial charge in [0.15, 0.2) is 10.2 Å². The van der Waals surface area contributed by atoms with Crippen molar-refractivity contribution in [3.05, 3.63) is 78.4 Å². The van der Waals surface area contributed by atoms with Gasteiger partial charge in [-0.15, -0.1) is 0 Å². The summed E-state index contributed by atoms with van der Waals surface area (Å²) in [6, 6.07) is 19.3. The Balaban J connectivity index is 1.48. The van der Waals surface area contributed by atoms with Crippen LogP contribution < -0.4 is 5.32 Å². The molecule has 1 saturated heterocycles. The molecule has 0 unspecified atom stereocenters. The summed E-state index contributed by atoms with van der Waals surface area (Å²) < 4.78 is 3.44. The van der Waals surface area contributed by atoms with Crippen molar-refractivity contribution in [3.63, 3.8) is 0 Å². The van der Waals surface area contributed by atoms with Crippen LogP contribution in [0.15, 0.2) is 67.0 Å². The van der Waals surface area contributed by atoms with Crippen molar-refractivity contribution in [1.29, 1.82) is 0 Å². The lowest BCUT2D eigenvalue weighted by Gasteiger charge is -2.33. The predicted molar refractivity (Wildman–Crippen MR) is 128 cm³/mol. The fourth-order valence-electron chi connectivity index (χ4n) is 5.03. The second-order valence-electron chi connectivity index (χ2n) is 8.24. The first kappa shape index (κ1) is 19.0. The summed E-state index contributed by atoms with van der Waals surface area (Å²) in [4.78, 5) is 12.0. The number of nitrogens with one attached hydrogen (secondary N) is 1. The minimum absolute atomic E-state index is 0.0114. The van der Waals surface area contributed by atoms with Crippen LogP contribution in [0.1, 0.15) is 49.2 Å². The van der Waals surface area contributed by atoms with Crippen molar-refractivity contribution in [2.75, 3.05) is 0 Å². The lowest BCUT2D eigenvalue weighted by Crippen LogP contribution is -2.38. The highest BCUT2D eigenvalue weighted by Gasteiger charge is 2.44. The van der Waals surface area contributed by atoms with E-state index in [0.717, 1.165) is 21.5 Å². The van der Waals surface area contributed by atoms with Gasteiger partial charge in [-0.2, -0.15) is 0 Å². The number of nitrogens with zero attached hydrogens (tertiary/aromatic N) is 4. The zero-order valence-corrected chi connectivity index (χ0v) is 18.6. The Bertz CT molecular complexity index is 1190. The van der Waals surface area contributed by atoms with Crippen molar-refractivity contribution in [1.82, 2.24) is 24.8 Å². The normalized spacial score (nSPS) is 21.8. The highest BCUT2D eigenvalue weighted by molar-refractivity contribution is 7.80. The van der Waals surface area contributed by atoms with E-state index in [2.05, 4.69) is 68.4 Å². The molecule has 2 atom stereocenters. The molecule has 1 aromatic carbocycles. The second-order valence-corrected chi connectivity index (χ2v) is 9.64. The molecule has 1 saturated carbocycles. The highest BCUT2D eigenvalue weighted by Crippen LogP contribution is 2.43. The molecule has 6 rings (SSSR count). The highest BCUT2D eigenvalue weighted by atomic mass is 32.1. The Hall–Kier alpha value is -2.77. The molecule has 31 heavy (non-hydrogen) atoms. The van der Waals surface area contributed by atoms with E-state index in [9.17, 15) is 0 Å². The van der Waals surface area contributed by atoms with E-state index in [0.29, 0.717) is 6.04 Å². The van der Waals surface area contributed by atoms with E-state index in [1.807, 2.05) is 18.3 Å². The van der Waals surface area contributed by atoms with Crippen LogP contribution in [0.3, 0.4) is 0 Å². The quantitative estimate of drug-likeness (QED) is 0.426. The number of hydrogen-bond donors (Lipinski definition) is 1. The summed E-state index contributed by atoms with van der Waals surface area (Å²) in [7, 11) is 0. The number of hydrogen-bond acceptors (Lipinski definition) is 4. The van der Waals surface area contributed by atoms with Gasteiger partial charge in [0.25, 0.3) is 0 Å². The van der Waals surface area contributed by atoms with Crippen LogP contribution in [-0.4, -0.2) is 30.6 Å². The summed E-state index contributed by atoms with van der Waals surface area (Å²) in [5.41, 5.74) is 3.26. The van der Waals surface area contributed by atoms with Crippen LogP contribution in [0, 0.1) is 0 Å². The monoisotopic (exact) mass is 445 g/mol. The first-order valence-corrected chi connectivity index (χ1v) is 12.0. The standard InChI is InChI=1S/C24H23N5S2/c30-23-27-21(18-11-5-6-14-25-18)22(29(23)16-8-1-2-9-16)19-12-7-15-28(19)24-26-17-10-3-4-13-20(17)31-24/h3-7,10-16,21-22H,1-2,8-9H2,(H,27,30)/t21-,22+/m0/s1. The van der Waals surface area contributed by atoms with Crippen LogP contribution in [0.25, 0.3) is 15.3 Å². The Morgan fingerprint density at radius 3 is 2.65 bits per heavy atom. The summed E-state index contributed by atoms with van der Waals surface area (Å²) in [5.74, 6) is 0. The van der Waals surface area contributed by atoms with Gasteiger partial charge in [-0.1, -0.05) is 42.4 Å². The molecular weight excluding hydrogens is 422 g/mol. The van der Waals surface area contributed by atoms with E-state index in [4.69, 9.17) is 17.2 Å². The molecule has 4 aromatic rings. The molecule has 1 aliphatic heterocycles. The number of pyridine rings is 1. The maximum atomic E-state index is 5.88. The number of thiazole rings is 1. The van der Waals surface area contributed by atoms with Gasteiger partial charge in [-0.25, -0.2) is 4.98 Å². The third-order valence-electron chi connectivity index (χ3n) is 6.43. The summed E-state index contributed by atoms with van der Waals surface area (Å²) >= 11 is 7.61. The predicted octanol–water partition coefficient (Wildman–Crippen LogP) is 5.40. The van der Waals surface area contributed by atoms with Crippen molar-refractivity contribution < 1.29 is 0 Å². The van der Waals surface area contributed by atoms with E-state index in [1.165, 1.54) is 36.1 Å². The van der Waals surface area contributed by atoms with Crippen molar-refractivity contribution >= 4 is 38.9 Å². The molecule has 0 bridgehead atoms. The van der Waals surface area contributed by atoms with Gasteiger partial charge in [-0.05, 0) is 61.5 Å². The van der Waals surface area contributed by atoms with Crippen LogP contribution in [0.2, 0.25) is 0 Å². The average molecular weight is 446 g/mol. The fraction of sp³-hybridized carbons (Fsp3) is 0.292. The maximum Gasteiger partial charge on any atom is 0.194 e. The molecule has 1 aliphatic carbocycles. The largest absolute Gasteiger partial charge is 0.352 e. The Morgan fingerprint density at radius 1 is 1.00 bits per heavy atom. The molecule has 2 fully saturated rings. The summed E-state index contributed by atoms with van der Waals surface area (Å²) in [5, 5.41) is 5.43. The zero-order valence-electron chi connectivity index (χ0n) is 17.0. The molecule has 1 N–H and O–H groups in total. The van der Waals surface area contributed by atoms with Crippen LogP contribution >= 0.6 is 23.6 Å². The van der Waals surface area contributed by atoms with Crippen LogP contribution in [0.4, 0.5) is 0 Å². The molecule has 156 valence electrons. The van der Waals surface area contributed by atoms with Gasteiger partial charge in [0.1, 0.15) is 0 Å². The average Bonchev–Trinajstić information content (AvgIpc) is 3.58. The maximum absolute atomic E-state index is 5.88. The zero-order chi connectivity index (χ0) is 20.8. The first-order valence-electron chi connectivity index (χ1n) is 10.8. The lowest BCUT2D eigenvalue weighted by atomic mass is 10.00. The molecule has 7 heteroatoms. The van der Waals surface area contributed by atoms with Crippen molar-refractivity contribution in [2.24, 2.45) is 0 Å². The van der Waals surface area contributed by atoms with Gasteiger partial charge in [0.2, 0.25) is 0 Å².